The van der Waals surface area contributed by atoms with Crippen LogP contribution in [0.25, 0.3) is 11.1 Å². The minimum absolute atomic E-state index is 0.375. The number of nitrogens with two attached hydrogens (primary N) is 1. The zero-order chi connectivity index (χ0) is 13.0. The van der Waals surface area contributed by atoms with E-state index >= 15 is 0 Å². The van der Waals surface area contributed by atoms with E-state index in [0.717, 1.165) is 5.56 Å². The first kappa shape index (κ1) is 11.7. The molecule has 0 aromatic heterocycles. The number of rotatable bonds is 2. The summed E-state index contributed by atoms with van der Waals surface area (Å²) < 4.78 is 4.93. The summed E-state index contributed by atoms with van der Waals surface area (Å²) in [6.07, 6.45) is -0.862. The molecule has 88 valence electrons. The van der Waals surface area contributed by atoms with Crippen molar-refractivity contribution in [1.82, 2.24) is 0 Å². The lowest BCUT2D eigenvalue weighted by Crippen LogP contribution is -2.16. The molecule has 0 heterocycles. The van der Waals surface area contributed by atoms with Crippen LogP contribution in [0, 0.1) is 11.3 Å². The van der Waals surface area contributed by atoms with Crippen molar-refractivity contribution in [2.45, 2.75) is 0 Å². The fraction of sp³-hybridized carbons (Fsp3) is 0. The van der Waals surface area contributed by atoms with Crippen LogP contribution in [-0.2, 0) is 0 Å². The van der Waals surface area contributed by atoms with Crippen LogP contribution in [0.3, 0.4) is 0 Å². The molecule has 2 rings (SSSR count). The van der Waals surface area contributed by atoms with Gasteiger partial charge in [0.05, 0.1) is 11.6 Å². The number of nitrogens with zero attached hydrogens (tertiary/aromatic N) is 1. The van der Waals surface area contributed by atoms with Crippen molar-refractivity contribution in [3.63, 3.8) is 0 Å². The minimum Gasteiger partial charge on any atom is -0.410 e. The number of carbonyl (C=O) groups is 1. The lowest BCUT2D eigenvalue weighted by molar-refractivity contribution is 0.211. The van der Waals surface area contributed by atoms with Gasteiger partial charge in [0.2, 0.25) is 0 Å². The third-order valence-electron chi connectivity index (χ3n) is 2.40. The van der Waals surface area contributed by atoms with Gasteiger partial charge in [-0.2, -0.15) is 5.26 Å². The molecule has 0 unspecified atom stereocenters. The van der Waals surface area contributed by atoms with E-state index in [1.807, 2.05) is 12.1 Å². The Hall–Kier alpha value is -2.80. The zero-order valence-electron chi connectivity index (χ0n) is 9.46. The Morgan fingerprint density at radius 1 is 1.17 bits per heavy atom. The van der Waals surface area contributed by atoms with Crippen LogP contribution in [0.15, 0.2) is 48.5 Å². The number of ether oxygens (including phenoxy) is 1. The molecule has 0 bridgehead atoms. The second-order valence-electron chi connectivity index (χ2n) is 3.61. The first-order chi connectivity index (χ1) is 8.70. The summed E-state index contributed by atoms with van der Waals surface area (Å²) in [5.41, 5.74) is 7.07. The van der Waals surface area contributed by atoms with Gasteiger partial charge in [0.15, 0.2) is 0 Å². The van der Waals surface area contributed by atoms with E-state index in [1.165, 1.54) is 0 Å². The molecule has 0 spiro atoms. The number of benzene rings is 2. The Morgan fingerprint density at radius 3 is 2.67 bits per heavy atom. The summed E-state index contributed by atoms with van der Waals surface area (Å²) in [6.45, 7) is 0. The third-order valence-corrected chi connectivity index (χ3v) is 2.40. The van der Waals surface area contributed by atoms with Crippen molar-refractivity contribution in [2.75, 3.05) is 0 Å². The van der Waals surface area contributed by atoms with Gasteiger partial charge in [-0.05, 0) is 23.8 Å². The second kappa shape index (κ2) is 5.02. The summed E-state index contributed by atoms with van der Waals surface area (Å²) in [7, 11) is 0. The van der Waals surface area contributed by atoms with E-state index in [1.54, 1.807) is 36.4 Å². The van der Waals surface area contributed by atoms with Crippen LogP contribution in [0.4, 0.5) is 4.79 Å². The predicted octanol–water partition coefficient (Wildman–Crippen LogP) is 2.68. The molecule has 0 radical (unpaired) electrons. The summed E-state index contributed by atoms with van der Waals surface area (Å²) in [5.74, 6) is 0.375. The monoisotopic (exact) mass is 238 g/mol. The van der Waals surface area contributed by atoms with E-state index in [0.29, 0.717) is 16.9 Å². The molecule has 0 aliphatic carbocycles. The van der Waals surface area contributed by atoms with E-state index in [9.17, 15) is 4.79 Å². The fourth-order valence-corrected chi connectivity index (χ4v) is 1.66. The molecule has 0 saturated carbocycles. The summed E-state index contributed by atoms with van der Waals surface area (Å²) in [6, 6.07) is 16.1. The maximum atomic E-state index is 10.8. The van der Waals surface area contributed by atoms with Crippen LogP contribution in [0.2, 0.25) is 0 Å². The molecule has 0 aliphatic rings. The molecule has 4 heteroatoms. The van der Waals surface area contributed by atoms with Gasteiger partial charge in [-0.15, -0.1) is 0 Å². The Kier molecular flexibility index (Phi) is 3.26. The van der Waals surface area contributed by atoms with Gasteiger partial charge in [0.25, 0.3) is 0 Å². The normalized spacial score (nSPS) is 9.50. The molecule has 18 heavy (non-hydrogen) atoms. The van der Waals surface area contributed by atoms with Crippen LogP contribution in [0.1, 0.15) is 5.56 Å². The number of carbonyl (C=O) groups excluding carboxylic acids is 1. The lowest BCUT2D eigenvalue weighted by Gasteiger charge is -2.08. The number of hydrogen-bond acceptors (Lipinski definition) is 3. The molecular weight excluding hydrogens is 228 g/mol. The highest BCUT2D eigenvalue weighted by Crippen LogP contribution is 2.30. The first-order valence-electron chi connectivity index (χ1n) is 5.27. The van der Waals surface area contributed by atoms with Crippen LogP contribution in [-0.4, -0.2) is 6.09 Å². The number of amides is 1. The molecule has 0 saturated heterocycles. The molecule has 2 aromatic rings. The molecule has 0 aliphatic heterocycles. The highest BCUT2D eigenvalue weighted by Gasteiger charge is 2.08. The smallest absolute Gasteiger partial charge is 0.409 e. The van der Waals surface area contributed by atoms with Crippen LogP contribution < -0.4 is 10.5 Å². The number of para-hydroxylation sites is 1. The van der Waals surface area contributed by atoms with Crippen LogP contribution >= 0.6 is 0 Å². The SMILES string of the molecule is N#Cc1cccc(-c2ccccc2OC(N)=O)c1. The van der Waals surface area contributed by atoms with E-state index < -0.39 is 6.09 Å². The van der Waals surface area contributed by atoms with Crippen molar-refractivity contribution in [3.8, 4) is 22.9 Å². The Bertz CT molecular complexity index is 630. The highest BCUT2D eigenvalue weighted by atomic mass is 16.5. The number of hydrogen-bond donors (Lipinski definition) is 1. The maximum absolute atomic E-state index is 10.8. The quantitative estimate of drug-likeness (QED) is 0.873. The van der Waals surface area contributed by atoms with Gasteiger partial charge in [0, 0.05) is 5.56 Å². The van der Waals surface area contributed by atoms with Gasteiger partial charge < -0.3 is 10.5 Å². The number of nitriles is 1. The molecular formula is C14H10N2O2. The third kappa shape index (κ3) is 2.47. The van der Waals surface area contributed by atoms with Gasteiger partial charge in [-0.1, -0.05) is 30.3 Å². The van der Waals surface area contributed by atoms with Crippen LogP contribution in [0.5, 0.6) is 5.75 Å². The predicted molar refractivity (Wildman–Crippen MR) is 66.8 cm³/mol. The zero-order valence-corrected chi connectivity index (χ0v) is 9.46. The maximum Gasteiger partial charge on any atom is 0.409 e. The largest absolute Gasteiger partial charge is 0.410 e. The summed E-state index contributed by atoms with van der Waals surface area (Å²) in [4.78, 5) is 10.8. The van der Waals surface area contributed by atoms with Crippen molar-refractivity contribution < 1.29 is 9.53 Å². The molecule has 0 fully saturated rings. The van der Waals surface area contributed by atoms with Crippen molar-refractivity contribution in [3.05, 3.63) is 54.1 Å². The van der Waals surface area contributed by atoms with Crippen molar-refractivity contribution in [1.29, 1.82) is 5.26 Å². The average Bonchev–Trinajstić information content (AvgIpc) is 2.39. The Morgan fingerprint density at radius 2 is 1.94 bits per heavy atom. The van der Waals surface area contributed by atoms with Gasteiger partial charge >= 0.3 is 6.09 Å². The van der Waals surface area contributed by atoms with E-state index in [2.05, 4.69) is 6.07 Å². The Labute approximate surface area is 104 Å². The Balaban J connectivity index is 2.50. The van der Waals surface area contributed by atoms with Gasteiger partial charge in [0.1, 0.15) is 5.75 Å². The molecule has 1 amide bonds. The minimum atomic E-state index is -0.862. The standard InChI is InChI=1S/C14H10N2O2/c15-9-10-4-3-5-11(8-10)12-6-1-2-7-13(12)18-14(16)17/h1-8H,(H2,16,17). The van der Waals surface area contributed by atoms with E-state index in [-0.39, 0.29) is 0 Å². The van der Waals surface area contributed by atoms with E-state index in [4.69, 9.17) is 15.7 Å². The van der Waals surface area contributed by atoms with Crippen molar-refractivity contribution in [2.24, 2.45) is 5.73 Å². The van der Waals surface area contributed by atoms with Crippen molar-refractivity contribution >= 4 is 6.09 Å². The lowest BCUT2D eigenvalue weighted by atomic mass is 10.0. The molecule has 2 N–H and O–H groups in total. The number of primary amides is 1. The second-order valence-corrected chi connectivity index (χ2v) is 3.61. The highest BCUT2D eigenvalue weighted by molar-refractivity contribution is 5.76. The van der Waals surface area contributed by atoms with Gasteiger partial charge in [-0.3, -0.25) is 0 Å². The molecule has 4 nitrogen and oxygen atoms in total. The summed E-state index contributed by atoms with van der Waals surface area (Å²) >= 11 is 0. The average molecular weight is 238 g/mol. The first-order valence-corrected chi connectivity index (χ1v) is 5.27. The van der Waals surface area contributed by atoms with Gasteiger partial charge in [-0.25, -0.2) is 4.79 Å². The topological polar surface area (TPSA) is 76.1 Å². The summed E-state index contributed by atoms with van der Waals surface area (Å²) in [5, 5.41) is 8.87. The molecule has 0 atom stereocenters. The fourth-order valence-electron chi connectivity index (χ4n) is 1.66. The molecule has 2 aromatic carbocycles.